The van der Waals surface area contributed by atoms with E-state index in [4.69, 9.17) is 11.6 Å². The number of halogens is 2. The monoisotopic (exact) mass is 372 g/mol. The summed E-state index contributed by atoms with van der Waals surface area (Å²) in [4.78, 5) is 14.2. The predicted octanol–water partition coefficient (Wildman–Crippen LogP) is 4.48. The van der Waals surface area contributed by atoms with E-state index in [0.29, 0.717) is 17.1 Å². The number of benzene rings is 1. The topological polar surface area (TPSA) is 32.3 Å². The van der Waals surface area contributed by atoms with Crippen molar-refractivity contribution < 1.29 is 4.79 Å². The number of nitrogens with one attached hydrogen (secondary N) is 1. The molecule has 1 heterocycles. The number of carbonyl (C=O) groups is 1. The molecule has 1 N–H and O–H groups in total. The lowest BCUT2D eigenvalue weighted by atomic mass is 10.1. The van der Waals surface area contributed by atoms with Crippen molar-refractivity contribution >= 4 is 50.5 Å². The zero-order valence-corrected chi connectivity index (χ0v) is 14.3. The van der Waals surface area contributed by atoms with E-state index in [-0.39, 0.29) is 5.91 Å². The second kappa shape index (κ2) is 6.61. The highest BCUT2D eigenvalue weighted by Gasteiger charge is 2.16. The predicted molar refractivity (Wildman–Crippen MR) is 88.8 cm³/mol. The quantitative estimate of drug-likeness (QED) is 0.857. The van der Waals surface area contributed by atoms with Gasteiger partial charge in [0, 0.05) is 31.4 Å². The van der Waals surface area contributed by atoms with Gasteiger partial charge in [0.15, 0.2) is 0 Å². The molecule has 106 valence electrons. The average molecular weight is 374 g/mol. The van der Waals surface area contributed by atoms with Gasteiger partial charge in [0.2, 0.25) is 0 Å². The Balaban J connectivity index is 2.20. The summed E-state index contributed by atoms with van der Waals surface area (Å²) >= 11 is 11.0. The van der Waals surface area contributed by atoms with E-state index in [0.717, 1.165) is 15.0 Å². The SMILES string of the molecule is CNc1ccc(Cl)cc1C(=O)N(C)Cc1csc(Br)c1. The maximum Gasteiger partial charge on any atom is 0.256 e. The second-order valence-corrected chi connectivity index (χ2v) is 7.09. The van der Waals surface area contributed by atoms with Crippen LogP contribution < -0.4 is 5.32 Å². The minimum atomic E-state index is -0.0563. The van der Waals surface area contributed by atoms with Crippen LogP contribution in [0.4, 0.5) is 5.69 Å². The maximum absolute atomic E-state index is 12.5. The van der Waals surface area contributed by atoms with Gasteiger partial charge >= 0.3 is 0 Å². The summed E-state index contributed by atoms with van der Waals surface area (Å²) in [6.45, 7) is 0.566. The number of nitrogens with zero attached hydrogens (tertiary/aromatic N) is 1. The molecule has 0 spiro atoms. The van der Waals surface area contributed by atoms with Gasteiger partial charge in [-0.2, -0.15) is 0 Å². The summed E-state index contributed by atoms with van der Waals surface area (Å²) in [5, 5.41) is 5.60. The van der Waals surface area contributed by atoms with E-state index >= 15 is 0 Å². The lowest BCUT2D eigenvalue weighted by molar-refractivity contribution is 0.0786. The van der Waals surface area contributed by atoms with Crippen LogP contribution in [-0.2, 0) is 6.54 Å². The van der Waals surface area contributed by atoms with Crippen molar-refractivity contribution in [3.63, 3.8) is 0 Å². The first-order valence-corrected chi connectivity index (χ1v) is 8.02. The molecular weight excluding hydrogens is 360 g/mol. The van der Waals surface area contributed by atoms with E-state index in [9.17, 15) is 4.79 Å². The van der Waals surface area contributed by atoms with Gasteiger partial charge in [-0.05, 0) is 51.1 Å². The van der Waals surface area contributed by atoms with Crippen molar-refractivity contribution in [1.29, 1.82) is 0 Å². The number of anilines is 1. The average Bonchev–Trinajstić information content (AvgIpc) is 2.83. The maximum atomic E-state index is 12.5. The van der Waals surface area contributed by atoms with Crippen molar-refractivity contribution in [2.75, 3.05) is 19.4 Å². The van der Waals surface area contributed by atoms with E-state index < -0.39 is 0 Å². The summed E-state index contributed by atoms with van der Waals surface area (Å²) < 4.78 is 1.06. The Morgan fingerprint density at radius 3 is 2.80 bits per heavy atom. The van der Waals surface area contributed by atoms with Gasteiger partial charge in [0.05, 0.1) is 9.35 Å². The summed E-state index contributed by atoms with van der Waals surface area (Å²) in [6, 6.07) is 7.28. The van der Waals surface area contributed by atoms with E-state index in [1.54, 1.807) is 42.5 Å². The number of hydrogen-bond donors (Lipinski definition) is 1. The molecule has 0 bridgehead atoms. The van der Waals surface area contributed by atoms with Crippen LogP contribution in [-0.4, -0.2) is 24.9 Å². The molecular formula is C14H14BrClN2OS. The molecule has 0 aliphatic heterocycles. The summed E-state index contributed by atoms with van der Waals surface area (Å²) in [6.07, 6.45) is 0. The molecule has 3 nitrogen and oxygen atoms in total. The van der Waals surface area contributed by atoms with Gasteiger partial charge in [-0.3, -0.25) is 4.79 Å². The Labute approximate surface area is 135 Å². The summed E-state index contributed by atoms with van der Waals surface area (Å²) in [5.74, 6) is -0.0563. The van der Waals surface area contributed by atoms with Crippen molar-refractivity contribution in [1.82, 2.24) is 4.90 Å². The smallest absolute Gasteiger partial charge is 0.256 e. The standard InChI is InChI=1S/C14H14BrClN2OS/c1-17-12-4-3-10(16)6-11(12)14(19)18(2)7-9-5-13(15)20-8-9/h3-6,8,17H,7H2,1-2H3. The molecule has 2 aromatic rings. The fraction of sp³-hybridized carbons (Fsp3) is 0.214. The molecule has 0 saturated heterocycles. The van der Waals surface area contributed by atoms with E-state index in [1.165, 1.54) is 0 Å². The lowest BCUT2D eigenvalue weighted by Gasteiger charge is -2.18. The first-order valence-electron chi connectivity index (χ1n) is 5.97. The molecule has 2 rings (SSSR count). The van der Waals surface area contributed by atoms with Crippen molar-refractivity contribution in [2.45, 2.75) is 6.54 Å². The summed E-state index contributed by atoms with van der Waals surface area (Å²) in [7, 11) is 3.57. The number of rotatable bonds is 4. The zero-order chi connectivity index (χ0) is 14.7. The third-order valence-electron chi connectivity index (χ3n) is 2.87. The van der Waals surface area contributed by atoms with Gasteiger partial charge in [-0.15, -0.1) is 11.3 Å². The number of carbonyl (C=O) groups excluding carboxylic acids is 1. The molecule has 0 radical (unpaired) electrons. The molecule has 0 aliphatic carbocycles. The molecule has 0 aliphatic rings. The second-order valence-electron chi connectivity index (χ2n) is 4.36. The third-order valence-corrected chi connectivity index (χ3v) is 4.66. The van der Waals surface area contributed by atoms with Gasteiger partial charge in [-0.25, -0.2) is 0 Å². The summed E-state index contributed by atoms with van der Waals surface area (Å²) in [5.41, 5.74) is 2.46. The largest absolute Gasteiger partial charge is 0.387 e. The van der Waals surface area contributed by atoms with Crippen LogP contribution in [0, 0.1) is 0 Å². The minimum Gasteiger partial charge on any atom is -0.387 e. The molecule has 0 saturated carbocycles. The molecule has 0 unspecified atom stereocenters. The number of hydrogen-bond acceptors (Lipinski definition) is 3. The van der Waals surface area contributed by atoms with E-state index in [2.05, 4.69) is 21.2 Å². The molecule has 0 atom stereocenters. The molecule has 1 aromatic carbocycles. The third kappa shape index (κ3) is 3.53. The highest BCUT2D eigenvalue weighted by Crippen LogP contribution is 2.24. The van der Waals surface area contributed by atoms with Crippen molar-refractivity contribution in [3.05, 3.63) is 49.6 Å². The van der Waals surface area contributed by atoms with Gasteiger partial charge in [0.25, 0.3) is 5.91 Å². The fourth-order valence-electron chi connectivity index (χ4n) is 1.89. The first kappa shape index (κ1) is 15.4. The number of thiophene rings is 1. The number of amides is 1. The van der Waals surface area contributed by atoms with Crippen LogP contribution in [0.5, 0.6) is 0 Å². The Kier molecular flexibility index (Phi) is 5.07. The molecule has 1 amide bonds. The van der Waals surface area contributed by atoms with Gasteiger partial charge in [0.1, 0.15) is 0 Å². The van der Waals surface area contributed by atoms with Crippen LogP contribution in [0.2, 0.25) is 5.02 Å². The molecule has 0 fully saturated rings. The Bertz CT molecular complexity index is 629. The molecule has 1 aromatic heterocycles. The molecule has 20 heavy (non-hydrogen) atoms. The van der Waals surface area contributed by atoms with Gasteiger partial charge < -0.3 is 10.2 Å². The molecule has 6 heteroatoms. The Morgan fingerprint density at radius 1 is 1.45 bits per heavy atom. The zero-order valence-electron chi connectivity index (χ0n) is 11.1. The Hall–Kier alpha value is -1.04. The van der Waals surface area contributed by atoms with Crippen LogP contribution in [0.15, 0.2) is 33.4 Å². The fourth-order valence-corrected chi connectivity index (χ4v) is 3.26. The Morgan fingerprint density at radius 2 is 2.20 bits per heavy atom. The van der Waals surface area contributed by atoms with Crippen molar-refractivity contribution in [2.24, 2.45) is 0 Å². The highest BCUT2D eigenvalue weighted by molar-refractivity contribution is 9.11. The minimum absolute atomic E-state index is 0.0563. The van der Waals surface area contributed by atoms with Crippen LogP contribution >= 0.6 is 38.9 Å². The van der Waals surface area contributed by atoms with Gasteiger partial charge in [-0.1, -0.05) is 11.6 Å². The van der Waals surface area contributed by atoms with Crippen LogP contribution in [0.1, 0.15) is 15.9 Å². The lowest BCUT2D eigenvalue weighted by Crippen LogP contribution is -2.26. The normalized spacial score (nSPS) is 10.4. The van der Waals surface area contributed by atoms with Crippen molar-refractivity contribution in [3.8, 4) is 0 Å². The first-order chi connectivity index (χ1) is 9.51. The highest BCUT2D eigenvalue weighted by atomic mass is 79.9. The van der Waals surface area contributed by atoms with Crippen LogP contribution in [0.3, 0.4) is 0 Å². The van der Waals surface area contributed by atoms with Crippen LogP contribution in [0.25, 0.3) is 0 Å². The van der Waals surface area contributed by atoms with E-state index in [1.807, 2.05) is 17.5 Å².